The third kappa shape index (κ3) is 4.30. The van der Waals surface area contributed by atoms with Crippen molar-refractivity contribution in [3.63, 3.8) is 0 Å². The van der Waals surface area contributed by atoms with Crippen LogP contribution in [0, 0.1) is 0 Å². The number of amides is 1. The van der Waals surface area contributed by atoms with Crippen molar-refractivity contribution in [3.8, 4) is 5.88 Å². The highest BCUT2D eigenvalue weighted by atomic mass is 32.2. The Morgan fingerprint density at radius 1 is 1.40 bits per heavy atom. The Bertz CT molecular complexity index is 741. The SMILES string of the molecule is CCOC(=O)c1cn[nH]c1NC(=O)c1ccc(OC2CCSC2)nc1. The third-order valence-corrected chi connectivity index (χ3v) is 4.68. The van der Waals surface area contributed by atoms with E-state index >= 15 is 0 Å². The first-order valence-corrected chi connectivity index (χ1v) is 9.05. The maximum Gasteiger partial charge on any atom is 0.343 e. The van der Waals surface area contributed by atoms with E-state index in [9.17, 15) is 9.59 Å². The second kappa shape index (κ2) is 8.02. The summed E-state index contributed by atoms with van der Waals surface area (Å²) in [5.74, 6) is 1.77. The van der Waals surface area contributed by atoms with Crippen LogP contribution in [0.1, 0.15) is 34.1 Å². The van der Waals surface area contributed by atoms with E-state index in [1.165, 1.54) is 12.4 Å². The number of esters is 1. The van der Waals surface area contributed by atoms with Gasteiger partial charge in [0, 0.05) is 18.0 Å². The van der Waals surface area contributed by atoms with Crippen molar-refractivity contribution in [2.24, 2.45) is 0 Å². The maximum atomic E-state index is 12.3. The molecule has 1 amide bonds. The number of aromatic amines is 1. The Morgan fingerprint density at radius 2 is 2.28 bits per heavy atom. The second-order valence-electron chi connectivity index (χ2n) is 5.32. The molecule has 0 aliphatic carbocycles. The first-order chi connectivity index (χ1) is 12.2. The molecule has 132 valence electrons. The fourth-order valence-corrected chi connectivity index (χ4v) is 3.39. The number of aromatic nitrogens is 3. The lowest BCUT2D eigenvalue weighted by molar-refractivity contribution is 0.0527. The number of pyridine rings is 1. The van der Waals surface area contributed by atoms with Gasteiger partial charge in [0.1, 0.15) is 17.5 Å². The van der Waals surface area contributed by atoms with Crippen LogP contribution in [0.25, 0.3) is 0 Å². The van der Waals surface area contributed by atoms with Gasteiger partial charge in [0.25, 0.3) is 5.91 Å². The molecule has 1 fully saturated rings. The summed E-state index contributed by atoms with van der Waals surface area (Å²) < 4.78 is 10.7. The van der Waals surface area contributed by atoms with Gasteiger partial charge in [-0.3, -0.25) is 9.89 Å². The summed E-state index contributed by atoms with van der Waals surface area (Å²) in [7, 11) is 0. The maximum absolute atomic E-state index is 12.3. The van der Waals surface area contributed by atoms with Gasteiger partial charge in [-0.15, -0.1) is 0 Å². The number of thioether (sulfide) groups is 1. The number of ether oxygens (including phenoxy) is 2. The van der Waals surface area contributed by atoms with Crippen molar-refractivity contribution in [2.75, 3.05) is 23.4 Å². The number of H-pyrrole nitrogens is 1. The molecule has 1 atom stereocenters. The standard InChI is InChI=1S/C16H18N4O4S/c1-2-23-16(22)12-8-18-20-14(12)19-15(21)10-3-4-13(17-7-10)24-11-5-6-25-9-11/h3-4,7-8,11H,2,5-6,9H2,1H3,(H2,18,19,20,21). The Kier molecular flexibility index (Phi) is 5.54. The van der Waals surface area contributed by atoms with E-state index in [1.54, 1.807) is 19.1 Å². The van der Waals surface area contributed by atoms with Crippen LogP contribution in [0.2, 0.25) is 0 Å². The fourth-order valence-electron chi connectivity index (χ4n) is 2.29. The van der Waals surface area contributed by atoms with Gasteiger partial charge in [0.2, 0.25) is 5.88 Å². The largest absolute Gasteiger partial charge is 0.473 e. The average molecular weight is 362 g/mol. The molecule has 0 radical (unpaired) electrons. The van der Waals surface area contributed by atoms with Crippen LogP contribution in [0.3, 0.4) is 0 Å². The van der Waals surface area contributed by atoms with E-state index in [0.717, 1.165) is 17.9 Å². The summed E-state index contributed by atoms with van der Waals surface area (Å²) in [6, 6.07) is 3.29. The zero-order chi connectivity index (χ0) is 17.6. The van der Waals surface area contributed by atoms with Gasteiger partial charge < -0.3 is 14.8 Å². The molecule has 0 bridgehead atoms. The van der Waals surface area contributed by atoms with Crippen molar-refractivity contribution in [2.45, 2.75) is 19.4 Å². The molecule has 3 rings (SSSR count). The van der Waals surface area contributed by atoms with Crippen LogP contribution in [-0.4, -0.2) is 51.3 Å². The van der Waals surface area contributed by atoms with Gasteiger partial charge in [-0.05, 0) is 25.2 Å². The van der Waals surface area contributed by atoms with Gasteiger partial charge in [-0.2, -0.15) is 16.9 Å². The highest BCUT2D eigenvalue weighted by molar-refractivity contribution is 7.99. The number of rotatable bonds is 6. The van der Waals surface area contributed by atoms with Crippen LogP contribution in [0.4, 0.5) is 5.82 Å². The summed E-state index contributed by atoms with van der Waals surface area (Å²) in [6.45, 7) is 1.94. The normalized spacial score (nSPS) is 16.4. The summed E-state index contributed by atoms with van der Waals surface area (Å²) >= 11 is 1.85. The van der Waals surface area contributed by atoms with E-state index in [-0.39, 0.29) is 24.1 Å². The molecular weight excluding hydrogens is 344 g/mol. The molecular formula is C16H18N4O4S. The predicted octanol–water partition coefficient (Wildman–Crippen LogP) is 2.12. The second-order valence-corrected chi connectivity index (χ2v) is 6.47. The molecule has 1 saturated heterocycles. The number of nitrogens with one attached hydrogen (secondary N) is 2. The topological polar surface area (TPSA) is 106 Å². The molecule has 0 aromatic carbocycles. The molecule has 2 aromatic heterocycles. The van der Waals surface area contributed by atoms with E-state index < -0.39 is 11.9 Å². The summed E-state index contributed by atoms with van der Waals surface area (Å²) in [6.07, 6.45) is 3.93. The van der Waals surface area contributed by atoms with Crippen LogP contribution in [0.15, 0.2) is 24.5 Å². The fraction of sp³-hybridized carbons (Fsp3) is 0.375. The summed E-state index contributed by atoms with van der Waals surface area (Å²) in [4.78, 5) is 28.3. The Balaban J connectivity index is 1.63. The van der Waals surface area contributed by atoms with Gasteiger partial charge in [-0.1, -0.05) is 0 Å². The molecule has 8 nitrogen and oxygen atoms in total. The molecule has 0 saturated carbocycles. The molecule has 2 aromatic rings. The van der Waals surface area contributed by atoms with Crippen molar-refractivity contribution < 1.29 is 19.1 Å². The van der Waals surface area contributed by atoms with Crippen molar-refractivity contribution in [1.29, 1.82) is 0 Å². The Hall–Kier alpha value is -2.55. The number of hydrogen-bond acceptors (Lipinski definition) is 7. The lowest BCUT2D eigenvalue weighted by Crippen LogP contribution is -2.17. The van der Waals surface area contributed by atoms with Gasteiger partial charge >= 0.3 is 5.97 Å². The van der Waals surface area contributed by atoms with Crippen molar-refractivity contribution in [3.05, 3.63) is 35.7 Å². The Morgan fingerprint density at radius 3 is 2.96 bits per heavy atom. The number of carbonyl (C=O) groups is 2. The molecule has 2 N–H and O–H groups in total. The zero-order valence-corrected chi connectivity index (χ0v) is 14.5. The highest BCUT2D eigenvalue weighted by Crippen LogP contribution is 2.22. The van der Waals surface area contributed by atoms with Crippen LogP contribution >= 0.6 is 11.8 Å². The number of carbonyl (C=O) groups excluding carboxylic acids is 2. The zero-order valence-electron chi connectivity index (χ0n) is 13.7. The summed E-state index contributed by atoms with van der Waals surface area (Å²) in [5, 5.41) is 8.94. The minimum atomic E-state index is -0.553. The van der Waals surface area contributed by atoms with Crippen molar-refractivity contribution in [1.82, 2.24) is 15.2 Å². The molecule has 0 spiro atoms. The average Bonchev–Trinajstić information content (AvgIpc) is 3.27. The molecule has 3 heterocycles. The van der Waals surface area contributed by atoms with Crippen LogP contribution in [-0.2, 0) is 4.74 Å². The number of hydrogen-bond donors (Lipinski definition) is 2. The lowest BCUT2D eigenvalue weighted by Gasteiger charge is -2.11. The monoisotopic (exact) mass is 362 g/mol. The highest BCUT2D eigenvalue weighted by Gasteiger charge is 2.19. The third-order valence-electron chi connectivity index (χ3n) is 3.55. The van der Waals surface area contributed by atoms with E-state index in [4.69, 9.17) is 9.47 Å². The first-order valence-electron chi connectivity index (χ1n) is 7.89. The summed E-state index contributed by atoms with van der Waals surface area (Å²) in [5.41, 5.74) is 0.513. The minimum Gasteiger partial charge on any atom is -0.473 e. The molecule has 9 heteroatoms. The van der Waals surface area contributed by atoms with Gasteiger partial charge in [0.05, 0.1) is 18.4 Å². The van der Waals surface area contributed by atoms with Gasteiger partial charge in [-0.25, -0.2) is 9.78 Å². The number of nitrogens with zero attached hydrogens (tertiary/aromatic N) is 2. The van der Waals surface area contributed by atoms with Crippen molar-refractivity contribution >= 4 is 29.5 Å². The first kappa shape index (κ1) is 17.3. The molecule has 1 aliphatic rings. The lowest BCUT2D eigenvalue weighted by atomic mass is 10.2. The Labute approximate surface area is 148 Å². The van der Waals surface area contributed by atoms with E-state index in [1.807, 2.05) is 11.8 Å². The smallest absolute Gasteiger partial charge is 0.343 e. The molecule has 25 heavy (non-hydrogen) atoms. The predicted molar refractivity (Wildman–Crippen MR) is 93.1 cm³/mol. The quantitative estimate of drug-likeness (QED) is 0.758. The van der Waals surface area contributed by atoms with E-state index in [0.29, 0.717) is 11.4 Å². The molecule has 1 aliphatic heterocycles. The number of anilines is 1. The van der Waals surface area contributed by atoms with E-state index in [2.05, 4.69) is 20.5 Å². The van der Waals surface area contributed by atoms with Crippen LogP contribution < -0.4 is 10.1 Å². The van der Waals surface area contributed by atoms with Crippen LogP contribution in [0.5, 0.6) is 5.88 Å². The molecule has 1 unspecified atom stereocenters. The van der Waals surface area contributed by atoms with Gasteiger partial charge in [0.15, 0.2) is 0 Å². The minimum absolute atomic E-state index is 0.168.